The third-order valence-electron chi connectivity index (χ3n) is 5.80. The van der Waals surface area contributed by atoms with E-state index in [1.54, 1.807) is 33.5 Å². The Kier molecular flexibility index (Phi) is 8.17. The monoisotopic (exact) mass is 463 g/mol. The van der Waals surface area contributed by atoms with Crippen LogP contribution in [-0.2, 0) is 6.54 Å². The van der Waals surface area contributed by atoms with Gasteiger partial charge >= 0.3 is 0 Å². The van der Waals surface area contributed by atoms with Crippen molar-refractivity contribution in [2.24, 2.45) is 0 Å². The van der Waals surface area contributed by atoms with Crippen LogP contribution in [0.2, 0.25) is 5.15 Å². The number of pyridine rings is 1. The fraction of sp³-hybridized carbons (Fsp3) is 0.478. The molecule has 0 atom stereocenters. The average Bonchev–Trinajstić information content (AvgIpc) is 2.80. The Morgan fingerprint density at radius 2 is 1.84 bits per heavy atom. The Morgan fingerprint density at radius 1 is 1.19 bits per heavy atom. The van der Waals surface area contributed by atoms with Crippen molar-refractivity contribution in [2.45, 2.75) is 31.4 Å². The molecule has 1 aromatic carbocycles. The molecule has 0 radical (unpaired) electrons. The summed E-state index contributed by atoms with van der Waals surface area (Å²) in [6.45, 7) is 2.57. The zero-order chi connectivity index (χ0) is 23.1. The van der Waals surface area contributed by atoms with Gasteiger partial charge in [-0.2, -0.15) is 0 Å². The maximum absolute atomic E-state index is 12.3. The van der Waals surface area contributed by atoms with Gasteiger partial charge in [-0.3, -0.25) is 9.69 Å². The van der Waals surface area contributed by atoms with E-state index in [0.29, 0.717) is 55.2 Å². The molecule has 0 saturated carbocycles. The van der Waals surface area contributed by atoms with Crippen LogP contribution in [0, 0.1) is 0 Å². The van der Waals surface area contributed by atoms with Crippen LogP contribution in [0.5, 0.6) is 17.2 Å². The van der Waals surface area contributed by atoms with Gasteiger partial charge in [-0.05, 0) is 49.1 Å². The van der Waals surface area contributed by atoms with Gasteiger partial charge in [-0.1, -0.05) is 11.6 Å². The lowest BCUT2D eigenvalue weighted by Crippen LogP contribution is -2.45. The highest BCUT2D eigenvalue weighted by Crippen LogP contribution is 2.38. The topological polar surface area (TPSA) is 93.2 Å². The number of ether oxygens (including phenoxy) is 3. The van der Waals surface area contributed by atoms with Crippen molar-refractivity contribution in [2.75, 3.05) is 41.0 Å². The predicted octanol–water partition coefficient (Wildman–Crippen LogP) is 2.91. The van der Waals surface area contributed by atoms with Gasteiger partial charge in [0.05, 0.1) is 32.5 Å². The molecule has 2 heterocycles. The van der Waals surface area contributed by atoms with Crippen LogP contribution in [0.1, 0.15) is 35.2 Å². The van der Waals surface area contributed by atoms with Crippen LogP contribution in [0.4, 0.5) is 0 Å². The molecule has 1 amide bonds. The van der Waals surface area contributed by atoms with Gasteiger partial charge in [-0.15, -0.1) is 0 Å². The first-order valence-corrected chi connectivity index (χ1v) is 10.9. The molecule has 1 saturated heterocycles. The van der Waals surface area contributed by atoms with E-state index in [9.17, 15) is 9.90 Å². The number of amides is 1. The maximum Gasteiger partial charge on any atom is 0.254 e. The number of likely N-dealkylation sites (tertiary alicyclic amines) is 1. The number of hydrogen-bond acceptors (Lipinski definition) is 7. The summed E-state index contributed by atoms with van der Waals surface area (Å²) in [4.78, 5) is 18.5. The zero-order valence-corrected chi connectivity index (χ0v) is 19.4. The lowest BCUT2D eigenvalue weighted by molar-refractivity contribution is -0.0285. The fourth-order valence-electron chi connectivity index (χ4n) is 3.92. The van der Waals surface area contributed by atoms with Crippen LogP contribution >= 0.6 is 11.6 Å². The molecule has 2 aromatic rings. The molecule has 8 nitrogen and oxygen atoms in total. The van der Waals surface area contributed by atoms with Crippen molar-refractivity contribution in [3.05, 3.63) is 46.7 Å². The van der Waals surface area contributed by atoms with Crippen LogP contribution in [0.3, 0.4) is 0 Å². The first-order valence-electron chi connectivity index (χ1n) is 10.5. The molecule has 0 unspecified atom stereocenters. The molecule has 1 fully saturated rings. The lowest BCUT2D eigenvalue weighted by Gasteiger charge is -2.38. The number of methoxy groups -OCH3 is 3. The summed E-state index contributed by atoms with van der Waals surface area (Å²) in [7, 11) is 4.78. The molecular weight excluding hydrogens is 434 g/mol. The van der Waals surface area contributed by atoms with Crippen molar-refractivity contribution in [1.82, 2.24) is 15.2 Å². The SMILES string of the molecule is COc1cc(CN2CCC(O)(CCNC(=O)c3cccnc3Cl)CC2)cc(OC)c1OC. The van der Waals surface area contributed by atoms with E-state index < -0.39 is 5.60 Å². The van der Waals surface area contributed by atoms with Crippen LogP contribution in [0.15, 0.2) is 30.5 Å². The molecule has 32 heavy (non-hydrogen) atoms. The number of halogens is 1. The standard InChI is InChI=1S/C23H30ClN3O5/c1-30-18-13-16(14-19(31-2)20(18)32-3)15-27-11-7-23(29,8-12-27)6-10-26-22(28)17-5-4-9-25-21(17)24/h4-5,9,13-14,29H,6-8,10-12,15H2,1-3H3,(H,26,28). The molecule has 0 spiro atoms. The second-order valence-electron chi connectivity index (χ2n) is 7.88. The van der Waals surface area contributed by atoms with Gasteiger partial charge in [-0.25, -0.2) is 4.98 Å². The number of nitrogens with one attached hydrogen (secondary N) is 1. The minimum atomic E-state index is -0.808. The molecule has 3 rings (SSSR count). The second kappa shape index (κ2) is 10.8. The minimum Gasteiger partial charge on any atom is -0.493 e. The number of carbonyl (C=O) groups is 1. The smallest absolute Gasteiger partial charge is 0.254 e. The van der Waals surface area contributed by atoms with Crippen LogP contribution < -0.4 is 19.5 Å². The van der Waals surface area contributed by atoms with E-state index in [1.165, 1.54) is 6.20 Å². The van der Waals surface area contributed by atoms with Crippen molar-refractivity contribution in [3.63, 3.8) is 0 Å². The Bertz CT molecular complexity index is 907. The molecule has 1 aromatic heterocycles. The zero-order valence-electron chi connectivity index (χ0n) is 18.7. The van der Waals surface area contributed by atoms with Gasteiger partial charge in [0.25, 0.3) is 5.91 Å². The van der Waals surface area contributed by atoms with Gasteiger partial charge < -0.3 is 24.6 Å². The number of carbonyl (C=O) groups excluding carboxylic acids is 1. The highest BCUT2D eigenvalue weighted by atomic mass is 35.5. The molecular formula is C23H30ClN3O5. The molecule has 0 bridgehead atoms. The van der Waals surface area contributed by atoms with E-state index in [4.69, 9.17) is 25.8 Å². The summed E-state index contributed by atoms with van der Waals surface area (Å²) in [5, 5.41) is 13.9. The summed E-state index contributed by atoms with van der Waals surface area (Å²) in [5.74, 6) is 1.53. The lowest BCUT2D eigenvalue weighted by atomic mass is 9.88. The molecule has 174 valence electrons. The van der Waals surface area contributed by atoms with Crippen molar-refractivity contribution in [1.29, 1.82) is 0 Å². The third-order valence-corrected chi connectivity index (χ3v) is 6.10. The Morgan fingerprint density at radius 3 is 2.41 bits per heavy atom. The highest BCUT2D eigenvalue weighted by molar-refractivity contribution is 6.32. The van der Waals surface area contributed by atoms with Crippen LogP contribution in [-0.4, -0.2) is 67.5 Å². The predicted molar refractivity (Wildman–Crippen MR) is 122 cm³/mol. The summed E-state index contributed by atoms with van der Waals surface area (Å²) >= 11 is 5.96. The quantitative estimate of drug-likeness (QED) is 0.552. The summed E-state index contributed by atoms with van der Waals surface area (Å²) in [6, 6.07) is 7.18. The van der Waals surface area contributed by atoms with Gasteiger partial charge in [0.15, 0.2) is 11.5 Å². The number of nitrogens with zero attached hydrogens (tertiary/aromatic N) is 2. The van der Waals surface area contributed by atoms with Crippen molar-refractivity contribution < 1.29 is 24.1 Å². The molecule has 0 aliphatic carbocycles. The number of benzene rings is 1. The van der Waals surface area contributed by atoms with E-state index in [1.807, 2.05) is 12.1 Å². The summed E-state index contributed by atoms with van der Waals surface area (Å²) in [5.41, 5.74) is 0.574. The summed E-state index contributed by atoms with van der Waals surface area (Å²) < 4.78 is 16.3. The average molecular weight is 464 g/mol. The number of piperidine rings is 1. The number of rotatable bonds is 9. The normalized spacial score (nSPS) is 15.8. The Labute approximate surface area is 193 Å². The molecule has 1 aliphatic rings. The fourth-order valence-corrected chi connectivity index (χ4v) is 4.13. The van der Waals surface area contributed by atoms with Crippen molar-refractivity contribution in [3.8, 4) is 17.2 Å². The van der Waals surface area contributed by atoms with Gasteiger partial charge in [0, 0.05) is 32.4 Å². The molecule has 2 N–H and O–H groups in total. The van der Waals surface area contributed by atoms with E-state index in [2.05, 4.69) is 15.2 Å². The number of aliphatic hydroxyl groups is 1. The molecule has 9 heteroatoms. The van der Waals surface area contributed by atoms with E-state index >= 15 is 0 Å². The van der Waals surface area contributed by atoms with E-state index in [0.717, 1.165) is 18.7 Å². The first-order chi connectivity index (χ1) is 15.4. The third kappa shape index (κ3) is 5.82. The van der Waals surface area contributed by atoms with Crippen LogP contribution in [0.25, 0.3) is 0 Å². The Hall–Kier alpha value is -2.55. The number of hydrogen-bond donors (Lipinski definition) is 2. The Balaban J connectivity index is 1.51. The molecule has 1 aliphatic heterocycles. The van der Waals surface area contributed by atoms with Crippen molar-refractivity contribution >= 4 is 17.5 Å². The first kappa shape index (κ1) is 24.1. The largest absolute Gasteiger partial charge is 0.493 e. The van der Waals surface area contributed by atoms with E-state index in [-0.39, 0.29) is 11.1 Å². The van der Waals surface area contributed by atoms with Gasteiger partial charge in [0.2, 0.25) is 5.75 Å². The summed E-state index contributed by atoms with van der Waals surface area (Å²) in [6.07, 6.45) is 3.27. The van der Waals surface area contributed by atoms with Gasteiger partial charge in [0.1, 0.15) is 5.15 Å². The minimum absolute atomic E-state index is 0.170. The second-order valence-corrected chi connectivity index (χ2v) is 8.24. The maximum atomic E-state index is 12.3. The highest BCUT2D eigenvalue weighted by Gasteiger charge is 2.32. The number of aromatic nitrogens is 1.